The molecule has 0 bridgehead atoms. The molecule has 2 rings (SSSR count). The first-order valence-corrected chi connectivity index (χ1v) is 8.99. The second-order valence-corrected chi connectivity index (χ2v) is 7.18. The van der Waals surface area contributed by atoms with Crippen LogP contribution in [0.3, 0.4) is 0 Å². The highest BCUT2D eigenvalue weighted by Crippen LogP contribution is 2.37. The van der Waals surface area contributed by atoms with E-state index in [-0.39, 0.29) is 5.82 Å². The van der Waals surface area contributed by atoms with E-state index in [0.29, 0.717) is 18.2 Å². The van der Waals surface area contributed by atoms with Crippen molar-refractivity contribution >= 4 is 55.1 Å². The lowest BCUT2D eigenvalue weighted by atomic mass is 9.79. The van der Waals surface area contributed by atoms with Gasteiger partial charge in [0.25, 0.3) is 0 Å². The molecule has 0 spiro atoms. The van der Waals surface area contributed by atoms with Crippen LogP contribution in [0.5, 0.6) is 0 Å². The number of rotatable bonds is 5. The van der Waals surface area contributed by atoms with Gasteiger partial charge in [-0.05, 0) is 35.7 Å². The smallest absolute Gasteiger partial charge is 0.124 e. The maximum Gasteiger partial charge on any atom is 0.124 e. The van der Waals surface area contributed by atoms with Gasteiger partial charge < -0.3 is 0 Å². The van der Waals surface area contributed by atoms with Crippen molar-refractivity contribution in [3.05, 3.63) is 68.4 Å². The van der Waals surface area contributed by atoms with Gasteiger partial charge in [0.2, 0.25) is 0 Å². The van der Waals surface area contributed by atoms with Gasteiger partial charge in [0.05, 0.1) is 0 Å². The van der Waals surface area contributed by atoms with Crippen molar-refractivity contribution in [3.8, 4) is 0 Å². The number of halogens is 5. The summed E-state index contributed by atoms with van der Waals surface area (Å²) in [4.78, 5) is 0. The first-order valence-electron chi connectivity index (χ1n) is 6.33. The molecule has 0 atom stereocenters. The van der Waals surface area contributed by atoms with E-state index in [1.165, 1.54) is 12.1 Å². The van der Waals surface area contributed by atoms with Crippen LogP contribution in [0.25, 0.3) is 0 Å². The van der Waals surface area contributed by atoms with Crippen molar-refractivity contribution in [2.24, 2.45) is 0 Å². The molecule has 0 saturated carbocycles. The summed E-state index contributed by atoms with van der Waals surface area (Å²) in [5, 5.41) is 0. The lowest BCUT2D eigenvalue weighted by Gasteiger charge is -2.31. The number of hydrogen-bond acceptors (Lipinski definition) is 0. The van der Waals surface area contributed by atoms with Gasteiger partial charge in [0.1, 0.15) is 5.82 Å². The van der Waals surface area contributed by atoms with Gasteiger partial charge in [-0.3, -0.25) is 0 Å². The van der Waals surface area contributed by atoms with Gasteiger partial charge in [-0.15, -0.1) is 23.2 Å². The summed E-state index contributed by atoms with van der Waals surface area (Å²) >= 11 is 19.5. The summed E-state index contributed by atoms with van der Waals surface area (Å²) < 4.78 is 14.9. The molecule has 0 unspecified atom stereocenters. The first-order chi connectivity index (χ1) is 10.0. The molecule has 0 saturated heterocycles. The third kappa shape index (κ3) is 3.82. The zero-order valence-corrected chi connectivity index (χ0v) is 15.7. The Morgan fingerprint density at radius 2 is 1.62 bits per heavy atom. The minimum atomic E-state index is -0.413. The monoisotopic (exact) mass is 452 g/mol. The molecule has 0 aliphatic heterocycles. The molecule has 0 aliphatic carbocycles. The zero-order chi connectivity index (χ0) is 15.5. The Morgan fingerprint density at radius 1 is 0.952 bits per heavy atom. The van der Waals surface area contributed by atoms with Crippen molar-refractivity contribution in [2.45, 2.75) is 11.8 Å². The van der Waals surface area contributed by atoms with Crippen LogP contribution < -0.4 is 0 Å². The van der Waals surface area contributed by atoms with E-state index in [9.17, 15) is 4.39 Å². The van der Waals surface area contributed by atoms with Crippen molar-refractivity contribution in [2.75, 3.05) is 11.8 Å². The van der Waals surface area contributed by atoms with Crippen LogP contribution in [-0.4, -0.2) is 11.8 Å². The summed E-state index contributed by atoms with van der Waals surface area (Å²) in [5.74, 6) is 0.486. The molecule has 21 heavy (non-hydrogen) atoms. The molecule has 5 heteroatoms. The molecular formula is C16H13Br2Cl2F. The Kier molecular flexibility index (Phi) is 6.13. The Labute approximate surface area is 150 Å². The normalized spacial score (nSPS) is 11.7. The summed E-state index contributed by atoms with van der Waals surface area (Å²) in [6, 6.07) is 12.6. The minimum absolute atomic E-state index is 0.270. The quantitative estimate of drug-likeness (QED) is 0.464. The van der Waals surface area contributed by atoms with Crippen LogP contribution in [0.4, 0.5) is 4.39 Å². The second-order valence-electron chi connectivity index (χ2n) is 4.94. The van der Waals surface area contributed by atoms with E-state index in [1.54, 1.807) is 6.07 Å². The highest BCUT2D eigenvalue weighted by Gasteiger charge is 2.33. The average molecular weight is 455 g/mol. The van der Waals surface area contributed by atoms with E-state index >= 15 is 0 Å². The average Bonchev–Trinajstić information content (AvgIpc) is 2.48. The lowest BCUT2D eigenvalue weighted by Crippen LogP contribution is -2.34. The third-order valence-corrected chi connectivity index (χ3v) is 5.95. The predicted octanol–water partition coefficient (Wildman–Crippen LogP) is 6.31. The van der Waals surface area contributed by atoms with Gasteiger partial charge in [0, 0.05) is 26.1 Å². The van der Waals surface area contributed by atoms with Crippen LogP contribution >= 0.6 is 55.1 Å². The zero-order valence-electron chi connectivity index (χ0n) is 11.1. The van der Waals surface area contributed by atoms with Crippen LogP contribution in [0.15, 0.2) is 51.4 Å². The van der Waals surface area contributed by atoms with Gasteiger partial charge in [-0.1, -0.05) is 56.1 Å². The second kappa shape index (κ2) is 7.45. The molecule has 0 fully saturated rings. The van der Waals surface area contributed by atoms with Gasteiger partial charge in [-0.2, -0.15) is 0 Å². The van der Waals surface area contributed by atoms with E-state index in [2.05, 4.69) is 31.9 Å². The summed E-state index contributed by atoms with van der Waals surface area (Å²) in [6.45, 7) is 0. The Hall–Kier alpha value is -0.0900. The Morgan fingerprint density at radius 3 is 2.19 bits per heavy atom. The first kappa shape index (κ1) is 17.3. The van der Waals surface area contributed by atoms with E-state index in [1.807, 2.05) is 24.3 Å². The molecule has 2 aromatic rings. The fourth-order valence-corrected chi connectivity index (χ4v) is 4.25. The van der Waals surface area contributed by atoms with Crippen LogP contribution in [-0.2, 0) is 11.8 Å². The topological polar surface area (TPSA) is 0 Å². The van der Waals surface area contributed by atoms with Gasteiger partial charge in [-0.25, -0.2) is 4.39 Å². The molecule has 0 radical (unpaired) electrons. The number of hydrogen-bond donors (Lipinski definition) is 0. The maximum atomic E-state index is 13.2. The third-order valence-electron chi connectivity index (χ3n) is 3.50. The highest BCUT2D eigenvalue weighted by atomic mass is 79.9. The molecule has 2 aromatic carbocycles. The van der Waals surface area contributed by atoms with Crippen molar-refractivity contribution in [1.29, 1.82) is 0 Å². The van der Waals surface area contributed by atoms with Gasteiger partial charge in [0.15, 0.2) is 0 Å². The molecule has 112 valence electrons. The maximum absolute atomic E-state index is 13.2. The van der Waals surface area contributed by atoms with Crippen molar-refractivity contribution in [1.82, 2.24) is 0 Å². The summed E-state index contributed by atoms with van der Waals surface area (Å²) in [5.41, 5.74) is 1.63. The van der Waals surface area contributed by atoms with E-state index in [0.717, 1.165) is 20.1 Å². The van der Waals surface area contributed by atoms with Crippen molar-refractivity contribution in [3.63, 3.8) is 0 Å². The molecule has 0 heterocycles. The predicted molar refractivity (Wildman–Crippen MR) is 95.1 cm³/mol. The summed E-state index contributed by atoms with van der Waals surface area (Å²) in [6.07, 6.45) is 0.628. The molecular weight excluding hydrogens is 442 g/mol. The highest BCUT2D eigenvalue weighted by molar-refractivity contribution is 9.10. The fourth-order valence-electron chi connectivity index (χ4n) is 2.29. The molecule has 0 N–H and O–H groups in total. The minimum Gasteiger partial charge on any atom is -0.207 e. The standard InChI is InChI=1S/C16H13Br2Cl2F/c17-14-4-2-1-3-13(14)16(9-19,10-20)8-11-5-6-12(21)7-15(11)18/h1-7H,8-10H2. The van der Waals surface area contributed by atoms with E-state index in [4.69, 9.17) is 23.2 Å². The van der Waals surface area contributed by atoms with Crippen molar-refractivity contribution < 1.29 is 4.39 Å². The van der Waals surface area contributed by atoms with E-state index < -0.39 is 5.41 Å². The molecule has 0 aliphatic rings. The Balaban J connectivity index is 2.46. The number of benzene rings is 2. The van der Waals surface area contributed by atoms with Crippen LogP contribution in [0.1, 0.15) is 11.1 Å². The largest absolute Gasteiger partial charge is 0.207 e. The van der Waals surface area contributed by atoms with Gasteiger partial charge >= 0.3 is 0 Å². The van der Waals surface area contributed by atoms with Crippen LogP contribution in [0.2, 0.25) is 0 Å². The fraction of sp³-hybridized carbons (Fsp3) is 0.250. The van der Waals surface area contributed by atoms with Crippen LogP contribution in [0, 0.1) is 5.82 Å². The number of alkyl halides is 2. The lowest BCUT2D eigenvalue weighted by molar-refractivity contribution is 0.531. The molecule has 0 aromatic heterocycles. The molecule has 0 nitrogen and oxygen atoms in total. The SMILES string of the molecule is Fc1ccc(CC(CCl)(CCl)c2ccccc2Br)c(Br)c1. The Bertz CT molecular complexity index is 627. The molecule has 0 amide bonds. The summed E-state index contributed by atoms with van der Waals surface area (Å²) in [7, 11) is 0.